The number of aliphatic hydroxyl groups excluding tert-OH is 1. The van der Waals surface area contributed by atoms with Gasteiger partial charge in [0.1, 0.15) is 11.8 Å². The molecule has 4 heteroatoms. The number of hydrogen-bond acceptors (Lipinski definition) is 4. The summed E-state index contributed by atoms with van der Waals surface area (Å²) in [4.78, 5) is 3.99. The lowest BCUT2D eigenvalue weighted by Gasteiger charge is -2.21. The van der Waals surface area contributed by atoms with Crippen LogP contribution in [0.5, 0.6) is 0 Å². The molecule has 0 bridgehead atoms. The Labute approximate surface area is 118 Å². The maximum atomic E-state index is 10.2. The Bertz CT molecular complexity index is 575. The summed E-state index contributed by atoms with van der Waals surface area (Å²) in [5, 5.41) is 22.1. The largest absolute Gasteiger partial charge is 0.391 e. The van der Waals surface area contributed by atoms with Crippen LogP contribution >= 0.6 is 0 Å². The van der Waals surface area contributed by atoms with Crippen molar-refractivity contribution in [2.24, 2.45) is 0 Å². The molecule has 0 aliphatic heterocycles. The van der Waals surface area contributed by atoms with Crippen LogP contribution in [0.15, 0.2) is 48.7 Å². The molecule has 1 aromatic carbocycles. The summed E-state index contributed by atoms with van der Waals surface area (Å²) >= 11 is 0. The first-order chi connectivity index (χ1) is 9.69. The van der Waals surface area contributed by atoms with Crippen LogP contribution in [0.1, 0.15) is 18.2 Å². The molecule has 1 heterocycles. The number of anilines is 1. The molecule has 0 fully saturated rings. The highest BCUT2D eigenvalue weighted by Gasteiger charge is 2.14. The Hall–Kier alpha value is -2.38. The van der Waals surface area contributed by atoms with Crippen LogP contribution in [0.3, 0.4) is 0 Å². The van der Waals surface area contributed by atoms with Crippen molar-refractivity contribution < 1.29 is 5.11 Å². The molecule has 1 aromatic heterocycles. The van der Waals surface area contributed by atoms with Crippen molar-refractivity contribution in [1.82, 2.24) is 4.98 Å². The topological polar surface area (TPSA) is 68.9 Å². The zero-order valence-electron chi connectivity index (χ0n) is 11.3. The lowest BCUT2D eigenvalue weighted by atomic mass is 10.0. The van der Waals surface area contributed by atoms with Crippen LogP contribution in [0.4, 0.5) is 5.69 Å². The van der Waals surface area contributed by atoms with E-state index in [9.17, 15) is 5.11 Å². The van der Waals surface area contributed by atoms with E-state index in [1.54, 1.807) is 18.3 Å². The first kappa shape index (κ1) is 14.0. The number of nitriles is 1. The lowest BCUT2D eigenvalue weighted by molar-refractivity contribution is 0.158. The fraction of sp³-hybridized carbons (Fsp3) is 0.250. The van der Waals surface area contributed by atoms with E-state index < -0.39 is 6.10 Å². The minimum atomic E-state index is -0.493. The predicted octanol–water partition coefficient (Wildman–Crippen LogP) is 2.36. The molecule has 2 N–H and O–H groups in total. The second-order valence-electron chi connectivity index (χ2n) is 4.73. The first-order valence-electron chi connectivity index (χ1n) is 6.53. The number of rotatable bonds is 5. The van der Waals surface area contributed by atoms with E-state index in [2.05, 4.69) is 10.3 Å². The van der Waals surface area contributed by atoms with E-state index in [0.717, 1.165) is 11.3 Å². The quantitative estimate of drug-likeness (QED) is 0.872. The SMILES string of the molecule is CC(Nc1ccc(C#N)nc1)C(O)Cc1ccccc1. The molecule has 0 saturated carbocycles. The molecule has 2 unspecified atom stereocenters. The average molecular weight is 267 g/mol. The molecular weight excluding hydrogens is 250 g/mol. The summed E-state index contributed by atoms with van der Waals surface area (Å²) < 4.78 is 0. The van der Waals surface area contributed by atoms with Crippen LogP contribution in [0.2, 0.25) is 0 Å². The van der Waals surface area contributed by atoms with Gasteiger partial charge in [-0.05, 0) is 24.6 Å². The molecule has 0 spiro atoms. The van der Waals surface area contributed by atoms with E-state index in [-0.39, 0.29) is 6.04 Å². The fourth-order valence-electron chi connectivity index (χ4n) is 1.94. The normalized spacial score (nSPS) is 13.2. The number of nitrogens with one attached hydrogen (secondary N) is 1. The molecule has 0 saturated heterocycles. The van der Waals surface area contributed by atoms with Crippen molar-refractivity contribution in [1.29, 1.82) is 5.26 Å². The minimum Gasteiger partial charge on any atom is -0.391 e. The zero-order chi connectivity index (χ0) is 14.4. The van der Waals surface area contributed by atoms with Crippen LogP contribution in [0, 0.1) is 11.3 Å². The summed E-state index contributed by atoms with van der Waals surface area (Å²) in [6, 6.07) is 15.2. The number of aromatic nitrogens is 1. The predicted molar refractivity (Wildman–Crippen MR) is 78.2 cm³/mol. The molecule has 20 heavy (non-hydrogen) atoms. The van der Waals surface area contributed by atoms with E-state index >= 15 is 0 Å². The Balaban J connectivity index is 1.93. The average Bonchev–Trinajstić information content (AvgIpc) is 2.49. The molecule has 0 aliphatic carbocycles. The van der Waals surface area contributed by atoms with Gasteiger partial charge < -0.3 is 10.4 Å². The molecule has 2 rings (SSSR count). The Morgan fingerprint density at radius 3 is 2.60 bits per heavy atom. The summed E-state index contributed by atoms with van der Waals surface area (Å²) in [7, 11) is 0. The fourth-order valence-corrected chi connectivity index (χ4v) is 1.94. The van der Waals surface area contributed by atoms with Gasteiger partial charge >= 0.3 is 0 Å². The van der Waals surface area contributed by atoms with Gasteiger partial charge in [0, 0.05) is 12.5 Å². The molecule has 4 nitrogen and oxygen atoms in total. The molecule has 102 valence electrons. The third-order valence-electron chi connectivity index (χ3n) is 3.14. The zero-order valence-corrected chi connectivity index (χ0v) is 11.3. The number of nitrogens with zero attached hydrogens (tertiary/aromatic N) is 2. The molecule has 0 amide bonds. The van der Waals surface area contributed by atoms with Crippen LogP contribution < -0.4 is 5.32 Å². The van der Waals surface area contributed by atoms with Gasteiger partial charge in [-0.3, -0.25) is 0 Å². The summed E-state index contributed by atoms with van der Waals surface area (Å²) in [5.41, 5.74) is 2.28. The van der Waals surface area contributed by atoms with E-state index in [1.807, 2.05) is 43.3 Å². The van der Waals surface area contributed by atoms with Crippen LogP contribution in [-0.2, 0) is 6.42 Å². The monoisotopic (exact) mass is 267 g/mol. The third kappa shape index (κ3) is 3.81. The minimum absolute atomic E-state index is 0.107. The van der Waals surface area contributed by atoms with Gasteiger partial charge in [0.05, 0.1) is 18.0 Å². The van der Waals surface area contributed by atoms with Crippen molar-refractivity contribution in [3.63, 3.8) is 0 Å². The highest BCUT2D eigenvalue weighted by molar-refractivity contribution is 5.43. The van der Waals surface area contributed by atoms with Crippen molar-refractivity contribution in [3.05, 3.63) is 59.9 Å². The summed E-state index contributed by atoms with van der Waals surface area (Å²) in [5.74, 6) is 0. The Kier molecular flexibility index (Phi) is 4.70. The Morgan fingerprint density at radius 1 is 1.25 bits per heavy atom. The van der Waals surface area contributed by atoms with Gasteiger partial charge in [-0.15, -0.1) is 0 Å². The molecule has 2 aromatic rings. The number of benzene rings is 1. The van der Waals surface area contributed by atoms with Crippen LogP contribution in [0.25, 0.3) is 0 Å². The smallest absolute Gasteiger partial charge is 0.140 e. The van der Waals surface area contributed by atoms with Crippen molar-refractivity contribution >= 4 is 5.69 Å². The van der Waals surface area contributed by atoms with Gasteiger partial charge in [0.25, 0.3) is 0 Å². The standard InChI is InChI=1S/C16H17N3O/c1-12(16(20)9-13-5-3-2-4-6-13)19-15-8-7-14(10-17)18-11-15/h2-8,11-12,16,19-20H,9H2,1H3. The van der Waals surface area contributed by atoms with E-state index in [0.29, 0.717) is 12.1 Å². The van der Waals surface area contributed by atoms with Crippen molar-refractivity contribution in [3.8, 4) is 6.07 Å². The molecule has 0 aliphatic rings. The van der Waals surface area contributed by atoms with E-state index in [1.165, 1.54) is 0 Å². The third-order valence-corrected chi connectivity index (χ3v) is 3.14. The second-order valence-corrected chi connectivity index (χ2v) is 4.73. The Morgan fingerprint density at radius 2 is 2.00 bits per heavy atom. The highest BCUT2D eigenvalue weighted by Crippen LogP contribution is 2.12. The van der Waals surface area contributed by atoms with Gasteiger partial charge in [0.2, 0.25) is 0 Å². The number of aliphatic hydroxyl groups is 1. The van der Waals surface area contributed by atoms with Gasteiger partial charge in [-0.2, -0.15) is 5.26 Å². The van der Waals surface area contributed by atoms with Crippen LogP contribution in [-0.4, -0.2) is 22.2 Å². The van der Waals surface area contributed by atoms with E-state index in [4.69, 9.17) is 5.26 Å². The van der Waals surface area contributed by atoms with Crippen molar-refractivity contribution in [2.75, 3.05) is 5.32 Å². The van der Waals surface area contributed by atoms with Gasteiger partial charge in [0.15, 0.2) is 0 Å². The highest BCUT2D eigenvalue weighted by atomic mass is 16.3. The second kappa shape index (κ2) is 6.69. The summed E-state index contributed by atoms with van der Waals surface area (Å²) in [6.07, 6.45) is 1.70. The molecule has 2 atom stereocenters. The summed E-state index contributed by atoms with van der Waals surface area (Å²) in [6.45, 7) is 1.92. The number of hydrogen-bond donors (Lipinski definition) is 2. The van der Waals surface area contributed by atoms with Gasteiger partial charge in [-0.1, -0.05) is 30.3 Å². The van der Waals surface area contributed by atoms with Crippen molar-refractivity contribution in [2.45, 2.75) is 25.5 Å². The lowest BCUT2D eigenvalue weighted by Crippen LogP contribution is -2.32. The number of pyridine rings is 1. The maximum absolute atomic E-state index is 10.2. The molecular formula is C16H17N3O. The molecule has 0 radical (unpaired) electrons. The maximum Gasteiger partial charge on any atom is 0.140 e. The van der Waals surface area contributed by atoms with Gasteiger partial charge in [-0.25, -0.2) is 4.98 Å². The first-order valence-corrected chi connectivity index (χ1v) is 6.53.